The predicted molar refractivity (Wildman–Crippen MR) is 112 cm³/mol. The van der Waals surface area contributed by atoms with E-state index in [1.807, 2.05) is 0 Å². The lowest BCUT2D eigenvalue weighted by molar-refractivity contribution is -0.137. The Balaban J connectivity index is 2.03. The number of nitrogens with two attached hydrogens (primary N) is 2. The van der Waals surface area contributed by atoms with Gasteiger partial charge in [-0.2, -0.15) is 13.2 Å². The van der Waals surface area contributed by atoms with Crippen LogP contribution in [0.2, 0.25) is 0 Å². The Morgan fingerprint density at radius 2 is 1.97 bits per heavy atom. The van der Waals surface area contributed by atoms with Crippen molar-refractivity contribution in [2.24, 2.45) is 11.5 Å². The molecule has 11 heteroatoms. The van der Waals surface area contributed by atoms with E-state index in [2.05, 4.69) is 24.1 Å². The third-order valence-electron chi connectivity index (χ3n) is 5.01. The molecule has 5 N–H and O–H groups in total. The van der Waals surface area contributed by atoms with Crippen molar-refractivity contribution >= 4 is 28.3 Å². The second-order valence-electron chi connectivity index (χ2n) is 7.53. The smallest absolute Gasteiger partial charge is 0.416 e. The lowest BCUT2D eigenvalue weighted by Gasteiger charge is -2.21. The Kier molecular flexibility index (Phi) is 6.46. The number of halogens is 3. The number of nitrogens with zero attached hydrogens (tertiary/aromatic N) is 1. The normalized spacial score (nSPS) is 17.2. The highest BCUT2D eigenvalue weighted by atomic mass is 32.1. The molecule has 7 nitrogen and oxygen atoms in total. The van der Waals surface area contributed by atoms with Crippen molar-refractivity contribution in [3.05, 3.63) is 35.4 Å². The van der Waals surface area contributed by atoms with Gasteiger partial charge in [0.15, 0.2) is 0 Å². The maximum atomic E-state index is 13.4. The Morgan fingerprint density at radius 3 is 2.52 bits per heavy atom. The fraction of sp³-hybridized carbons (Fsp3) is 0.400. The molecule has 1 aliphatic rings. The van der Waals surface area contributed by atoms with Crippen LogP contribution in [0, 0.1) is 0 Å². The fourth-order valence-electron chi connectivity index (χ4n) is 3.41. The van der Waals surface area contributed by atoms with Gasteiger partial charge in [0.25, 0.3) is 5.91 Å². The summed E-state index contributed by atoms with van der Waals surface area (Å²) < 4.78 is 46.1. The van der Waals surface area contributed by atoms with E-state index in [9.17, 15) is 22.8 Å². The van der Waals surface area contributed by atoms with Crippen LogP contribution in [-0.4, -0.2) is 42.1 Å². The van der Waals surface area contributed by atoms with Crippen LogP contribution in [0.1, 0.15) is 36.2 Å². The third kappa shape index (κ3) is 5.28. The molecule has 1 unspecified atom stereocenters. The molecule has 1 fully saturated rings. The lowest BCUT2D eigenvalue weighted by atomic mass is 10.1. The number of urea groups is 1. The number of primary amides is 2. The number of ether oxygens (including phenoxy) is 1. The standard InChI is InChI=1S/C20H23F3N4O3S/c1-10(2)27-6-5-12(9-27)30-15-4-3-11(20(21,22)23)7-13(15)16-8-14(17(24)28)18(31-16)26-19(25)29/h3-4,7-8,10,12H,5-6,9H2,1-2H3,(H2,24,28)(H3,25,26,29). The molecule has 0 bridgehead atoms. The highest BCUT2D eigenvalue weighted by molar-refractivity contribution is 7.20. The average Bonchev–Trinajstić information content (AvgIpc) is 3.28. The number of thiophene rings is 1. The molecule has 0 spiro atoms. The molecule has 3 rings (SSSR count). The minimum absolute atomic E-state index is 0.0472. The van der Waals surface area contributed by atoms with Crippen molar-refractivity contribution in [3.8, 4) is 16.2 Å². The van der Waals surface area contributed by atoms with E-state index in [4.69, 9.17) is 16.2 Å². The van der Waals surface area contributed by atoms with Crippen LogP contribution in [0.5, 0.6) is 5.75 Å². The molecule has 168 valence electrons. The summed E-state index contributed by atoms with van der Waals surface area (Å²) in [6.07, 6.45) is -4.01. The lowest BCUT2D eigenvalue weighted by Crippen LogP contribution is -2.30. The molecule has 0 saturated carbocycles. The van der Waals surface area contributed by atoms with Gasteiger partial charge >= 0.3 is 12.2 Å². The summed E-state index contributed by atoms with van der Waals surface area (Å²) in [6, 6.07) is 3.94. The number of hydrogen-bond donors (Lipinski definition) is 3. The van der Waals surface area contributed by atoms with Crippen LogP contribution in [0.3, 0.4) is 0 Å². The number of benzene rings is 1. The number of carbonyl (C=O) groups excluding carboxylic acids is 2. The topological polar surface area (TPSA) is 111 Å². The summed E-state index contributed by atoms with van der Waals surface area (Å²) in [5.41, 5.74) is 9.73. The van der Waals surface area contributed by atoms with E-state index < -0.39 is 23.7 Å². The molecule has 2 heterocycles. The number of alkyl halides is 3. The first-order chi connectivity index (χ1) is 14.5. The van der Waals surface area contributed by atoms with Gasteiger partial charge in [-0.25, -0.2) is 4.79 Å². The quantitative estimate of drug-likeness (QED) is 0.612. The fourth-order valence-corrected chi connectivity index (χ4v) is 4.50. The van der Waals surface area contributed by atoms with Gasteiger partial charge in [0, 0.05) is 29.6 Å². The molecular formula is C20H23F3N4O3S. The van der Waals surface area contributed by atoms with Crippen molar-refractivity contribution in [1.29, 1.82) is 0 Å². The largest absolute Gasteiger partial charge is 0.488 e. The summed E-state index contributed by atoms with van der Waals surface area (Å²) >= 11 is 0.896. The van der Waals surface area contributed by atoms with Crippen LogP contribution < -0.4 is 21.5 Å². The zero-order chi connectivity index (χ0) is 22.9. The van der Waals surface area contributed by atoms with Crippen LogP contribution in [0.15, 0.2) is 24.3 Å². The first-order valence-electron chi connectivity index (χ1n) is 9.58. The zero-order valence-electron chi connectivity index (χ0n) is 17.0. The van der Waals surface area contributed by atoms with E-state index in [0.29, 0.717) is 12.6 Å². The third-order valence-corrected chi connectivity index (χ3v) is 6.09. The SMILES string of the molecule is CC(C)N1CCC(Oc2ccc(C(F)(F)F)cc2-c2cc(C(N)=O)c(NC(N)=O)s2)C1. The average molecular weight is 456 g/mol. The maximum Gasteiger partial charge on any atom is 0.416 e. The Morgan fingerprint density at radius 1 is 1.26 bits per heavy atom. The first kappa shape index (κ1) is 22.9. The number of rotatable bonds is 6. The second-order valence-corrected chi connectivity index (χ2v) is 8.59. The van der Waals surface area contributed by atoms with Crippen LogP contribution in [-0.2, 0) is 6.18 Å². The van der Waals surface area contributed by atoms with Gasteiger partial charge in [0.1, 0.15) is 16.9 Å². The van der Waals surface area contributed by atoms with Gasteiger partial charge in [-0.05, 0) is 44.5 Å². The van der Waals surface area contributed by atoms with Crippen molar-refractivity contribution in [2.75, 3.05) is 18.4 Å². The highest BCUT2D eigenvalue weighted by Gasteiger charge is 2.33. The molecule has 1 aromatic carbocycles. The van der Waals surface area contributed by atoms with Crippen LogP contribution >= 0.6 is 11.3 Å². The minimum atomic E-state index is -4.56. The Labute approximate surface area is 181 Å². The van der Waals surface area contributed by atoms with E-state index in [-0.39, 0.29) is 32.9 Å². The molecule has 0 radical (unpaired) electrons. The van der Waals surface area contributed by atoms with Gasteiger partial charge in [-0.1, -0.05) is 0 Å². The van der Waals surface area contributed by atoms with Gasteiger partial charge in [-0.3, -0.25) is 15.0 Å². The summed E-state index contributed by atoms with van der Waals surface area (Å²) in [5.74, 6) is -0.587. The highest BCUT2D eigenvalue weighted by Crippen LogP contribution is 2.43. The van der Waals surface area contributed by atoms with E-state index in [1.54, 1.807) is 0 Å². The molecule has 1 atom stereocenters. The second kappa shape index (κ2) is 8.75. The molecule has 0 aliphatic carbocycles. The van der Waals surface area contributed by atoms with Gasteiger partial charge in [0.2, 0.25) is 0 Å². The molecule has 3 amide bonds. The molecular weight excluding hydrogens is 433 g/mol. The summed E-state index contributed by atoms with van der Waals surface area (Å²) in [7, 11) is 0. The minimum Gasteiger partial charge on any atom is -0.488 e. The first-order valence-corrected chi connectivity index (χ1v) is 10.4. The predicted octanol–water partition coefficient (Wildman–Crippen LogP) is 3.88. The molecule has 1 saturated heterocycles. The number of nitrogens with one attached hydrogen (secondary N) is 1. The van der Waals surface area contributed by atoms with Crippen molar-refractivity contribution in [1.82, 2.24) is 4.90 Å². The Bertz CT molecular complexity index is 991. The summed E-state index contributed by atoms with van der Waals surface area (Å²) in [4.78, 5) is 25.5. The van der Waals surface area contributed by atoms with Gasteiger partial charge in [0.05, 0.1) is 11.1 Å². The Hall–Kier alpha value is -2.79. The van der Waals surface area contributed by atoms with Crippen molar-refractivity contribution < 1.29 is 27.5 Å². The number of anilines is 1. The number of hydrogen-bond acceptors (Lipinski definition) is 5. The van der Waals surface area contributed by atoms with Crippen LogP contribution in [0.4, 0.5) is 23.0 Å². The molecule has 31 heavy (non-hydrogen) atoms. The summed E-state index contributed by atoms with van der Waals surface area (Å²) in [5, 5.41) is 2.35. The molecule has 1 aromatic heterocycles. The monoisotopic (exact) mass is 456 g/mol. The van der Waals surface area contributed by atoms with E-state index in [0.717, 1.165) is 36.4 Å². The zero-order valence-corrected chi connectivity index (χ0v) is 17.8. The van der Waals surface area contributed by atoms with E-state index in [1.165, 1.54) is 12.1 Å². The van der Waals surface area contributed by atoms with Crippen molar-refractivity contribution in [3.63, 3.8) is 0 Å². The number of likely N-dealkylation sites (tertiary alicyclic amines) is 1. The molecule has 1 aliphatic heterocycles. The van der Waals surface area contributed by atoms with Crippen molar-refractivity contribution in [2.45, 2.75) is 38.6 Å². The van der Waals surface area contributed by atoms with Gasteiger partial charge in [-0.15, -0.1) is 11.3 Å². The molecule has 2 aromatic rings. The van der Waals surface area contributed by atoms with Gasteiger partial charge < -0.3 is 16.2 Å². The van der Waals surface area contributed by atoms with E-state index >= 15 is 0 Å². The summed E-state index contributed by atoms with van der Waals surface area (Å²) in [6.45, 7) is 5.62. The number of amides is 3. The number of carbonyl (C=O) groups is 2. The van der Waals surface area contributed by atoms with Crippen LogP contribution in [0.25, 0.3) is 10.4 Å². The maximum absolute atomic E-state index is 13.4.